The lowest BCUT2D eigenvalue weighted by Crippen LogP contribution is -2.11. The molecule has 6 aromatic carbocycles. The molecule has 0 saturated heterocycles. The summed E-state index contributed by atoms with van der Waals surface area (Å²) in [5, 5.41) is 0. The van der Waals surface area contributed by atoms with Crippen LogP contribution in [0.4, 0.5) is 0 Å². The quantitative estimate of drug-likeness (QED) is 0.145. The van der Waals surface area contributed by atoms with Crippen molar-refractivity contribution in [2.75, 3.05) is 0 Å². The largest absolute Gasteiger partial charge is 0.166 e. The molecule has 236 valence electrons. The van der Waals surface area contributed by atoms with Crippen LogP contribution < -0.4 is 0 Å². The maximum absolute atomic E-state index is 2.32. The summed E-state index contributed by atoms with van der Waals surface area (Å²) in [6.45, 7) is 13.6. The van der Waals surface area contributed by atoms with E-state index < -0.39 is 0 Å². The molecule has 0 N–H and O–H groups in total. The summed E-state index contributed by atoms with van der Waals surface area (Å²) in [5.41, 5.74) is 3.01. The molecule has 0 spiro atoms. The Labute approximate surface area is 292 Å². The molecule has 0 amide bonds. The van der Waals surface area contributed by atoms with E-state index in [1.54, 1.807) is 0 Å². The van der Waals surface area contributed by atoms with Gasteiger partial charge in [0.2, 0.25) is 0 Å². The van der Waals surface area contributed by atoms with Crippen molar-refractivity contribution in [2.24, 2.45) is 0 Å². The molecule has 0 aliphatic rings. The van der Waals surface area contributed by atoms with Crippen molar-refractivity contribution in [3.8, 4) is 0 Å². The van der Waals surface area contributed by atoms with Gasteiger partial charge in [-0.15, -0.1) is 0 Å². The molecule has 6 rings (SSSR count). The summed E-state index contributed by atoms with van der Waals surface area (Å²) in [7, 11) is -0.329. The first-order valence-electron chi connectivity index (χ1n) is 16.2. The minimum Gasteiger partial charge on any atom is -0.0901 e. The molecule has 3 heteroatoms. The molecule has 6 aromatic rings. The van der Waals surface area contributed by atoms with Gasteiger partial charge in [-0.2, -0.15) is 0 Å². The van der Waals surface area contributed by atoms with Crippen molar-refractivity contribution in [2.45, 2.75) is 91.5 Å². The van der Waals surface area contributed by atoms with Crippen molar-refractivity contribution in [3.05, 3.63) is 169 Å². The van der Waals surface area contributed by atoms with Crippen LogP contribution >= 0.6 is 11.8 Å². The Morgan fingerprint density at radius 2 is 0.574 bits per heavy atom. The SMILES string of the molecule is CC(C)(C)c1ccc([S+](c2ccccc2)c2ccc(Sc3ccc([S+](c4ccccc4)c4ccc(C(C)(C)C)cc4)cc3)cc2)cc1. The number of benzene rings is 6. The topological polar surface area (TPSA) is 0 Å². The highest BCUT2D eigenvalue weighted by molar-refractivity contribution is 7.99. The normalized spacial score (nSPS) is 13.2. The molecule has 0 aliphatic heterocycles. The second-order valence-corrected chi connectivity index (χ2v) is 19.0. The highest BCUT2D eigenvalue weighted by atomic mass is 32.2. The maximum Gasteiger partial charge on any atom is 0.166 e. The van der Waals surface area contributed by atoms with Gasteiger partial charge in [0.1, 0.15) is 0 Å². The molecular formula is C44H44S3+2. The number of hydrogen-bond acceptors (Lipinski definition) is 1. The van der Waals surface area contributed by atoms with Crippen molar-refractivity contribution in [3.63, 3.8) is 0 Å². The Balaban J connectivity index is 1.24. The Morgan fingerprint density at radius 3 is 0.851 bits per heavy atom. The Morgan fingerprint density at radius 1 is 0.319 bits per heavy atom. The van der Waals surface area contributed by atoms with E-state index in [0.717, 1.165) is 0 Å². The minimum atomic E-state index is -0.164. The lowest BCUT2D eigenvalue weighted by atomic mass is 9.87. The Hall–Kier alpha value is -3.63. The second kappa shape index (κ2) is 14.2. The second-order valence-electron chi connectivity index (χ2n) is 13.8. The highest BCUT2D eigenvalue weighted by Crippen LogP contribution is 2.37. The zero-order valence-corrected chi connectivity index (χ0v) is 30.7. The fourth-order valence-corrected chi connectivity index (χ4v) is 10.5. The summed E-state index contributed by atoms with van der Waals surface area (Å²) in [6.07, 6.45) is 0. The summed E-state index contributed by atoms with van der Waals surface area (Å²) in [6, 6.07) is 58.7. The molecule has 0 heterocycles. The molecule has 0 fully saturated rings. The van der Waals surface area contributed by atoms with E-state index in [2.05, 4.69) is 199 Å². The average molecular weight is 669 g/mol. The van der Waals surface area contributed by atoms with Gasteiger partial charge in [-0.05, 0) is 119 Å². The fourth-order valence-electron chi connectivity index (χ4n) is 5.54. The van der Waals surface area contributed by atoms with Crippen LogP contribution in [0.1, 0.15) is 52.7 Å². The highest BCUT2D eigenvalue weighted by Gasteiger charge is 2.30. The first-order chi connectivity index (χ1) is 22.6. The van der Waals surface area contributed by atoms with Crippen molar-refractivity contribution in [1.82, 2.24) is 0 Å². The van der Waals surface area contributed by atoms with Gasteiger partial charge < -0.3 is 0 Å². The third-order valence-corrected chi connectivity index (χ3v) is 13.7. The van der Waals surface area contributed by atoms with Crippen LogP contribution in [-0.4, -0.2) is 0 Å². The van der Waals surface area contributed by atoms with Crippen LogP contribution in [0.3, 0.4) is 0 Å². The van der Waals surface area contributed by atoms with Crippen molar-refractivity contribution >= 4 is 33.6 Å². The van der Waals surface area contributed by atoms with E-state index in [1.807, 2.05) is 11.8 Å². The Bertz CT molecular complexity index is 1720. The molecule has 0 saturated carbocycles. The van der Waals surface area contributed by atoms with Crippen LogP contribution in [0.25, 0.3) is 0 Å². The minimum absolute atomic E-state index is 0.140. The van der Waals surface area contributed by atoms with Gasteiger partial charge in [0.25, 0.3) is 0 Å². The third-order valence-electron chi connectivity index (χ3n) is 8.22. The molecular weight excluding hydrogens is 625 g/mol. The lowest BCUT2D eigenvalue weighted by molar-refractivity contribution is 0.589. The predicted octanol–water partition coefficient (Wildman–Crippen LogP) is 12.6. The smallest absolute Gasteiger partial charge is 0.0901 e. The molecule has 47 heavy (non-hydrogen) atoms. The van der Waals surface area contributed by atoms with Crippen molar-refractivity contribution in [1.29, 1.82) is 0 Å². The standard InChI is InChI=1S/C44H44S3/c1-43(2,3)33-17-25-39(26-18-33)46(37-13-9-7-10-14-37)41-29-21-35(22-30-41)45-36-23-31-42(32-24-36)47(38-15-11-8-12-16-38)40-27-19-34(20-28-40)44(4,5)6/h7-32H,1-6H3/q+2. The third kappa shape index (κ3) is 8.09. The van der Waals surface area contributed by atoms with Gasteiger partial charge in [0.05, 0.1) is 21.8 Å². The van der Waals surface area contributed by atoms with Gasteiger partial charge in [-0.1, -0.05) is 114 Å². The zero-order valence-electron chi connectivity index (χ0n) is 28.2. The van der Waals surface area contributed by atoms with Crippen molar-refractivity contribution < 1.29 is 0 Å². The van der Waals surface area contributed by atoms with Crippen LogP contribution in [-0.2, 0) is 32.6 Å². The number of hydrogen-bond donors (Lipinski definition) is 0. The van der Waals surface area contributed by atoms with Crippen LogP contribution in [0, 0.1) is 0 Å². The van der Waals surface area contributed by atoms with Gasteiger partial charge in [-0.3, -0.25) is 0 Å². The Kier molecular flexibility index (Phi) is 10.1. The summed E-state index contributed by atoms with van der Waals surface area (Å²) >= 11 is 1.83. The summed E-state index contributed by atoms with van der Waals surface area (Å²) < 4.78 is 0. The summed E-state index contributed by atoms with van der Waals surface area (Å²) in [4.78, 5) is 10.6. The van der Waals surface area contributed by atoms with Gasteiger partial charge >= 0.3 is 0 Å². The van der Waals surface area contributed by atoms with E-state index in [4.69, 9.17) is 0 Å². The molecule has 2 unspecified atom stereocenters. The van der Waals surface area contributed by atoms with E-state index in [1.165, 1.54) is 50.3 Å². The van der Waals surface area contributed by atoms with E-state index in [0.29, 0.717) is 0 Å². The first-order valence-corrected chi connectivity index (χ1v) is 19.5. The van der Waals surface area contributed by atoms with E-state index in [9.17, 15) is 0 Å². The molecule has 0 radical (unpaired) electrons. The van der Waals surface area contributed by atoms with E-state index in [-0.39, 0.29) is 32.6 Å². The summed E-state index contributed by atoms with van der Waals surface area (Å²) in [5.74, 6) is 0. The van der Waals surface area contributed by atoms with Gasteiger partial charge in [0.15, 0.2) is 29.4 Å². The molecule has 0 bridgehead atoms. The van der Waals surface area contributed by atoms with Gasteiger partial charge in [0, 0.05) is 9.79 Å². The molecule has 0 nitrogen and oxygen atoms in total. The predicted molar refractivity (Wildman–Crippen MR) is 205 cm³/mol. The van der Waals surface area contributed by atoms with Crippen LogP contribution in [0.2, 0.25) is 0 Å². The molecule has 0 aliphatic carbocycles. The fraction of sp³-hybridized carbons (Fsp3) is 0.182. The van der Waals surface area contributed by atoms with Crippen LogP contribution in [0.5, 0.6) is 0 Å². The first kappa shape index (κ1) is 33.3. The zero-order chi connectivity index (χ0) is 33.0. The van der Waals surface area contributed by atoms with Crippen LogP contribution in [0.15, 0.2) is 197 Å². The lowest BCUT2D eigenvalue weighted by Gasteiger charge is -2.19. The molecule has 2 atom stereocenters. The monoisotopic (exact) mass is 668 g/mol. The average Bonchev–Trinajstić information content (AvgIpc) is 3.07. The van der Waals surface area contributed by atoms with E-state index >= 15 is 0 Å². The number of rotatable bonds is 8. The van der Waals surface area contributed by atoms with Gasteiger partial charge in [-0.25, -0.2) is 0 Å². The molecule has 0 aromatic heterocycles. The maximum atomic E-state index is 2.32.